The summed E-state index contributed by atoms with van der Waals surface area (Å²) in [4.78, 5) is 18.1. The second-order valence-electron chi connectivity index (χ2n) is 7.34. The van der Waals surface area contributed by atoms with E-state index < -0.39 is 0 Å². The molecule has 2 N–H and O–H groups in total. The predicted molar refractivity (Wildman–Crippen MR) is 112 cm³/mol. The van der Waals surface area contributed by atoms with E-state index >= 15 is 0 Å². The fourth-order valence-electron chi connectivity index (χ4n) is 3.84. The van der Waals surface area contributed by atoms with Crippen molar-refractivity contribution < 1.29 is 13.9 Å². The van der Waals surface area contributed by atoms with Crippen molar-refractivity contribution >= 4 is 16.8 Å². The standard InChI is InChI=1S/C23H26FN3O2/c24-18-6-8-21-20(16-18)19(23(26-21)17-4-2-1-3-5-17)7-9-22(28)25-10-11-27-12-14-29-15-13-27/h1-6,8,16,26H,7,9-15H2,(H,25,28). The molecule has 0 unspecified atom stereocenters. The lowest BCUT2D eigenvalue weighted by Crippen LogP contribution is -2.41. The molecular formula is C23H26FN3O2. The lowest BCUT2D eigenvalue weighted by molar-refractivity contribution is -0.121. The van der Waals surface area contributed by atoms with E-state index in [1.165, 1.54) is 6.07 Å². The van der Waals surface area contributed by atoms with Crippen molar-refractivity contribution in [1.82, 2.24) is 15.2 Å². The Hall–Kier alpha value is -2.70. The highest BCUT2D eigenvalue weighted by Gasteiger charge is 2.15. The van der Waals surface area contributed by atoms with Crippen LogP contribution in [0.3, 0.4) is 0 Å². The molecule has 152 valence electrons. The minimum absolute atomic E-state index is 0.0167. The lowest BCUT2D eigenvalue weighted by Gasteiger charge is -2.26. The number of hydrogen-bond donors (Lipinski definition) is 2. The van der Waals surface area contributed by atoms with Crippen LogP contribution in [0.15, 0.2) is 48.5 Å². The van der Waals surface area contributed by atoms with Gasteiger partial charge in [-0.25, -0.2) is 4.39 Å². The van der Waals surface area contributed by atoms with Crippen molar-refractivity contribution in [3.63, 3.8) is 0 Å². The van der Waals surface area contributed by atoms with Crippen molar-refractivity contribution in [3.8, 4) is 11.3 Å². The highest BCUT2D eigenvalue weighted by molar-refractivity contribution is 5.91. The summed E-state index contributed by atoms with van der Waals surface area (Å²) in [5.41, 5.74) is 3.85. The molecule has 1 aliphatic heterocycles. The molecule has 0 spiro atoms. The highest BCUT2D eigenvalue weighted by atomic mass is 19.1. The number of halogens is 1. The zero-order valence-electron chi connectivity index (χ0n) is 16.4. The smallest absolute Gasteiger partial charge is 0.220 e. The molecule has 1 aromatic heterocycles. The Balaban J connectivity index is 1.43. The van der Waals surface area contributed by atoms with Crippen LogP contribution in [0.2, 0.25) is 0 Å². The average Bonchev–Trinajstić information content (AvgIpc) is 3.11. The second-order valence-corrected chi connectivity index (χ2v) is 7.34. The number of rotatable bonds is 7. The van der Waals surface area contributed by atoms with Crippen LogP contribution >= 0.6 is 0 Å². The Morgan fingerprint density at radius 1 is 1.14 bits per heavy atom. The molecule has 1 amide bonds. The van der Waals surface area contributed by atoms with Crippen molar-refractivity contribution in [3.05, 3.63) is 59.9 Å². The molecule has 5 nitrogen and oxygen atoms in total. The van der Waals surface area contributed by atoms with E-state index in [4.69, 9.17) is 4.74 Å². The number of aromatic nitrogens is 1. The number of ether oxygens (including phenoxy) is 1. The van der Waals surface area contributed by atoms with Gasteiger partial charge in [-0.3, -0.25) is 9.69 Å². The van der Waals surface area contributed by atoms with E-state index in [0.29, 0.717) is 19.4 Å². The van der Waals surface area contributed by atoms with E-state index in [0.717, 1.165) is 60.6 Å². The van der Waals surface area contributed by atoms with Crippen LogP contribution in [0.5, 0.6) is 0 Å². The summed E-state index contributed by atoms with van der Waals surface area (Å²) in [7, 11) is 0. The maximum Gasteiger partial charge on any atom is 0.220 e. The molecule has 2 heterocycles. The normalized spacial score (nSPS) is 14.9. The molecule has 3 aromatic rings. The van der Waals surface area contributed by atoms with E-state index in [1.54, 1.807) is 12.1 Å². The van der Waals surface area contributed by atoms with Gasteiger partial charge in [0.15, 0.2) is 0 Å². The zero-order chi connectivity index (χ0) is 20.1. The van der Waals surface area contributed by atoms with E-state index in [2.05, 4.69) is 15.2 Å². The summed E-state index contributed by atoms with van der Waals surface area (Å²) in [5, 5.41) is 3.84. The summed E-state index contributed by atoms with van der Waals surface area (Å²) in [6, 6.07) is 14.7. The van der Waals surface area contributed by atoms with Gasteiger partial charge in [0.25, 0.3) is 0 Å². The van der Waals surface area contributed by atoms with Crippen molar-refractivity contribution in [1.29, 1.82) is 0 Å². The van der Waals surface area contributed by atoms with Gasteiger partial charge >= 0.3 is 0 Å². The fourth-order valence-corrected chi connectivity index (χ4v) is 3.84. The fraction of sp³-hybridized carbons (Fsp3) is 0.348. The van der Waals surface area contributed by atoms with Crippen molar-refractivity contribution in [2.75, 3.05) is 39.4 Å². The lowest BCUT2D eigenvalue weighted by atomic mass is 10.0. The molecule has 0 aliphatic carbocycles. The number of aryl methyl sites for hydroxylation is 1. The summed E-state index contributed by atoms with van der Waals surface area (Å²) >= 11 is 0. The first-order valence-corrected chi connectivity index (χ1v) is 10.1. The van der Waals surface area contributed by atoms with Crippen LogP contribution < -0.4 is 5.32 Å². The van der Waals surface area contributed by atoms with E-state index in [-0.39, 0.29) is 11.7 Å². The first-order chi connectivity index (χ1) is 14.2. The van der Waals surface area contributed by atoms with Crippen LogP contribution in [0.1, 0.15) is 12.0 Å². The van der Waals surface area contributed by atoms with Gasteiger partial charge in [-0.2, -0.15) is 0 Å². The number of nitrogens with one attached hydrogen (secondary N) is 2. The van der Waals surface area contributed by atoms with Gasteiger partial charge in [-0.15, -0.1) is 0 Å². The maximum atomic E-state index is 13.9. The van der Waals surface area contributed by atoms with Crippen LogP contribution in [0, 0.1) is 5.82 Å². The molecule has 0 radical (unpaired) electrons. The quantitative estimate of drug-likeness (QED) is 0.645. The molecule has 0 bridgehead atoms. The molecule has 1 fully saturated rings. The van der Waals surface area contributed by atoms with Crippen molar-refractivity contribution in [2.45, 2.75) is 12.8 Å². The SMILES string of the molecule is O=C(CCc1c(-c2ccccc2)[nH]c2ccc(F)cc12)NCCN1CCOCC1. The van der Waals surface area contributed by atoms with Gasteiger partial charge < -0.3 is 15.0 Å². The third kappa shape index (κ3) is 4.83. The number of carbonyl (C=O) groups excluding carboxylic acids is 1. The first kappa shape index (κ1) is 19.6. The number of benzene rings is 2. The largest absolute Gasteiger partial charge is 0.379 e. The van der Waals surface area contributed by atoms with Gasteiger partial charge in [0.1, 0.15) is 5.82 Å². The Morgan fingerprint density at radius 3 is 2.72 bits per heavy atom. The van der Waals surface area contributed by atoms with E-state index in [1.807, 2.05) is 30.3 Å². The number of hydrogen-bond acceptors (Lipinski definition) is 3. The topological polar surface area (TPSA) is 57.4 Å². The van der Waals surface area contributed by atoms with Crippen LogP contribution in [-0.4, -0.2) is 55.2 Å². The maximum absolute atomic E-state index is 13.9. The molecule has 29 heavy (non-hydrogen) atoms. The molecule has 6 heteroatoms. The van der Waals surface area contributed by atoms with Crippen molar-refractivity contribution in [2.24, 2.45) is 0 Å². The number of morpholine rings is 1. The predicted octanol–water partition coefficient (Wildman–Crippen LogP) is 3.36. The van der Waals surface area contributed by atoms with Gasteiger partial charge in [0.05, 0.1) is 13.2 Å². The van der Waals surface area contributed by atoms with Gasteiger partial charge in [-0.1, -0.05) is 30.3 Å². The molecule has 1 aliphatic rings. The Morgan fingerprint density at radius 2 is 1.93 bits per heavy atom. The number of amides is 1. The minimum atomic E-state index is -0.271. The third-order valence-corrected chi connectivity index (χ3v) is 5.39. The van der Waals surface area contributed by atoms with Gasteiger partial charge in [0, 0.05) is 49.2 Å². The summed E-state index contributed by atoms with van der Waals surface area (Å²) in [5.74, 6) is -0.254. The number of fused-ring (bicyclic) bond motifs is 1. The molecule has 4 rings (SSSR count). The highest BCUT2D eigenvalue weighted by Crippen LogP contribution is 2.31. The monoisotopic (exact) mass is 395 g/mol. The third-order valence-electron chi connectivity index (χ3n) is 5.39. The number of H-pyrrole nitrogens is 1. The number of aromatic amines is 1. The summed E-state index contributed by atoms with van der Waals surface area (Å²) in [6.45, 7) is 4.81. The van der Waals surface area contributed by atoms with Gasteiger partial charge in [-0.05, 0) is 35.7 Å². The average molecular weight is 395 g/mol. The van der Waals surface area contributed by atoms with E-state index in [9.17, 15) is 9.18 Å². The van der Waals surface area contributed by atoms with Gasteiger partial charge in [0.2, 0.25) is 5.91 Å². The second kappa shape index (κ2) is 9.20. The molecular weight excluding hydrogens is 369 g/mol. The zero-order valence-corrected chi connectivity index (χ0v) is 16.4. The summed E-state index contributed by atoms with van der Waals surface area (Å²) in [6.07, 6.45) is 0.920. The minimum Gasteiger partial charge on any atom is -0.379 e. The van der Waals surface area contributed by atoms with Crippen LogP contribution in [-0.2, 0) is 16.0 Å². The number of carbonyl (C=O) groups is 1. The Labute approximate surface area is 169 Å². The van der Waals surface area contributed by atoms with Crippen LogP contribution in [0.25, 0.3) is 22.2 Å². The molecule has 2 aromatic carbocycles. The molecule has 0 atom stereocenters. The molecule has 1 saturated heterocycles. The number of nitrogens with zero attached hydrogens (tertiary/aromatic N) is 1. The Kier molecular flexibility index (Phi) is 6.22. The molecule has 0 saturated carbocycles. The first-order valence-electron chi connectivity index (χ1n) is 10.1. The van der Waals surface area contributed by atoms with Crippen LogP contribution in [0.4, 0.5) is 4.39 Å². The summed E-state index contributed by atoms with van der Waals surface area (Å²) < 4.78 is 19.2. The Bertz CT molecular complexity index is 965.